The maximum atomic E-state index is 9.95. The number of anilines is 1. The van der Waals surface area contributed by atoms with E-state index in [9.17, 15) is 5.26 Å². The van der Waals surface area contributed by atoms with Crippen LogP contribution < -0.4 is 4.90 Å². The highest BCUT2D eigenvalue weighted by Crippen LogP contribution is 2.48. The Hall–Kier alpha value is -2.07. The quantitative estimate of drug-likeness (QED) is 0.558. The monoisotopic (exact) mass is 426 g/mol. The van der Waals surface area contributed by atoms with Gasteiger partial charge in [0, 0.05) is 35.5 Å². The number of halogens is 1. The summed E-state index contributed by atoms with van der Waals surface area (Å²) in [6, 6.07) is 6.85. The first kappa shape index (κ1) is 18.9. The summed E-state index contributed by atoms with van der Waals surface area (Å²) in [4.78, 5) is 10.5. The number of oxazole rings is 1. The maximum Gasteiger partial charge on any atom is 0.198 e. The first-order valence-electron chi connectivity index (χ1n) is 10.0. The molecule has 29 heavy (non-hydrogen) atoms. The summed E-state index contributed by atoms with van der Waals surface area (Å²) >= 11 is 7.83. The molecule has 2 aliphatic rings. The summed E-state index contributed by atoms with van der Waals surface area (Å²) < 4.78 is 7.10. The average Bonchev–Trinajstić information content (AvgIpc) is 3.07. The number of nitriles is 1. The summed E-state index contributed by atoms with van der Waals surface area (Å²) in [6.45, 7) is 3.91. The van der Waals surface area contributed by atoms with Crippen molar-refractivity contribution < 1.29 is 4.42 Å². The van der Waals surface area contributed by atoms with Crippen molar-refractivity contribution in [2.24, 2.45) is 0 Å². The van der Waals surface area contributed by atoms with Crippen molar-refractivity contribution in [3.8, 4) is 16.5 Å². The van der Waals surface area contributed by atoms with Crippen LogP contribution >= 0.6 is 22.9 Å². The minimum Gasteiger partial charge on any atom is -0.438 e. The lowest BCUT2D eigenvalue weighted by molar-refractivity contribution is 0.315. The van der Waals surface area contributed by atoms with Crippen LogP contribution in [0.5, 0.6) is 0 Å². The molecule has 1 saturated carbocycles. The zero-order chi connectivity index (χ0) is 20.3. The number of thiophene rings is 1. The van der Waals surface area contributed by atoms with Crippen LogP contribution in [0.15, 0.2) is 16.5 Å². The molecule has 1 aromatic carbocycles. The molecule has 0 spiro atoms. The predicted molar refractivity (Wildman–Crippen MR) is 118 cm³/mol. The van der Waals surface area contributed by atoms with Gasteiger partial charge in [0.15, 0.2) is 11.5 Å². The lowest BCUT2D eigenvalue weighted by Crippen LogP contribution is -2.31. The van der Waals surface area contributed by atoms with Gasteiger partial charge in [-0.2, -0.15) is 5.26 Å². The van der Waals surface area contributed by atoms with Crippen molar-refractivity contribution >= 4 is 39.7 Å². The summed E-state index contributed by atoms with van der Waals surface area (Å²) in [7, 11) is 4.26. The molecule has 2 aromatic heterocycles. The van der Waals surface area contributed by atoms with E-state index in [1.54, 1.807) is 11.3 Å². The second kappa shape index (κ2) is 7.02. The zero-order valence-electron chi connectivity index (χ0n) is 16.8. The smallest absolute Gasteiger partial charge is 0.198 e. The fraction of sp³-hybridized carbons (Fsp3) is 0.455. The van der Waals surface area contributed by atoms with Crippen LogP contribution in [0.4, 0.5) is 5.69 Å². The Morgan fingerprint density at radius 2 is 2.10 bits per heavy atom. The third-order valence-electron chi connectivity index (χ3n) is 6.15. The van der Waals surface area contributed by atoms with Gasteiger partial charge in [-0.3, -0.25) is 0 Å². The Morgan fingerprint density at radius 1 is 1.31 bits per heavy atom. The van der Waals surface area contributed by atoms with Gasteiger partial charge in [-0.05, 0) is 58.0 Å². The van der Waals surface area contributed by atoms with E-state index in [0.717, 1.165) is 69.9 Å². The van der Waals surface area contributed by atoms with E-state index in [2.05, 4.69) is 30.0 Å². The van der Waals surface area contributed by atoms with Crippen molar-refractivity contribution in [2.45, 2.75) is 38.1 Å². The normalized spacial score (nSPS) is 19.4. The van der Waals surface area contributed by atoms with Crippen molar-refractivity contribution in [3.05, 3.63) is 33.5 Å². The van der Waals surface area contributed by atoms with E-state index < -0.39 is 0 Å². The Kier molecular flexibility index (Phi) is 4.58. The number of likely N-dealkylation sites (N-methyl/N-ethyl adjacent to an activating group) is 1. The van der Waals surface area contributed by atoms with E-state index in [-0.39, 0.29) is 0 Å². The molecule has 1 saturated heterocycles. The van der Waals surface area contributed by atoms with Gasteiger partial charge in [0.1, 0.15) is 11.6 Å². The third-order valence-corrected chi connectivity index (χ3v) is 7.40. The van der Waals surface area contributed by atoms with Crippen molar-refractivity contribution in [3.63, 3.8) is 0 Å². The summed E-state index contributed by atoms with van der Waals surface area (Å²) in [5.41, 5.74) is 5.16. The van der Waals surface area contributed by atoms with Crippen LogP contribution in [0, 0.1) is 18.3 Å². The molecule has 5 rings (SSSR count). The largest absolute Gasteiger partial charge is 0.438 e. The Bertz CT molecular complexity index is 1140. The van der Waals surface area contributed by atoms with Crippen LogP contribution in [0.3, 0.4) is 0 Å². The molecule has 150 valence electrons. The van der Waals surface area contributed by atoms with Crippen molar-refractivity contribution in [1.29, 1.82) is 5.26 Å². The molecule has 0 unspecified atom stereocenters. The average molecular weight is 427 g/mol. The molecule has 7 heteroatoms. The molecular formula is C22H23ClN4OS. The Balaban J connectivity index is 1.78. The highest BCUT2D eigenvalue weighted by Gasteiger charge is 2.35. The van der Waals surface area contributed by atoms with Crippen LogP contribution in [-0.2, 0) is 0 Å². The molecule has 3 heterocycles. The zero-order valence-corrected chi connectivity index (χ0v) is 18.4. The molecule has 1 atom stereocenters. The van der Waals surface area contributed by atoms with E-state index in [1.165, 1.54) is 0 Å². The van der Waals surface area contributed by atoms with Crippen molar-refractivity contribution in [2.75, 3.05) is 32.1 Å². The summed E-state index contributed by atoms with van der Waals surface area (Å²) in [6.07, 6.45) is 3.33. The van der Waals surface area contributed by atoms with Gasteiger partial charge in [-0.15, -0.1) is 11.3 Å². The molecule has 3 aromatic rings. The van der Waals surface area contributed by atoms with Crippen molar-refractivity contribution in [1.82, 2.24) is 9.88 Å². The highest BCUT2D eigenvalue weighted by molar-refractivity contribution is 7.19. The lowest BCUT2D eigenvalue weighted by atomic mass is 9.97. The lowest BCUT2D eigenvalue weighted by Gasteiger charge is -2.25. The number of aromatic nitrogens is 1. The number of benzene rings is 1. The maximum absolute atomic E-state index is 9.95. The van der Waals surface area contributed by atoms with Gasteiger partial charge in [-0.1, -0.05) is 11.6 Å². The SMILES string of the molecule is Cc1c(-c2ccc(Cl)s2)c(N2CC[C@H](N(C)C)C2)c2oc(C3CC3)nc2c1C#N. The molecule has 0 N–H and O–H groups in total. The van der Waals surface area contributed by atoms with E-state index in [0.29, 0.717) is 23.0 Å². The van der Waals surface area contributed by atoms with Crippen LogP contribution in [-0.4, -0.2) is 43.1 Å². The number of rotatable bonds is 4. The predicted octanol–water partition coefficient (Wildman–Crippen LogP) is 5.41. The Morgan fingerprint density at radius 3 is 2.69 bits per heavy atom. The van der Waals surface area contributed by atoms with E-state index in [1.807, 2.05) is 19.1 Å². The van der Waals surface area contributed by atoms with Crippen LogP contribution in [0.1, 0.15) is 42.2 Å². The molecule has 2 fully saturated rings. The second-order valence-corrected chi connectivity index (χ2v) is 10.0. The van der Waals surface area contributed by atoms with Gasteiger partial charge in [-0.25, -0.2) is 4.98 Å². The van der Waals surface area contributed by atoms with Crippen LogP contribution in [0.25, 0.3) is 21.5 Å². The minimum absolute atomic E-state index is 0.398. The van der Waals surface area contributed by atoms with Gasteiger partial charge in [0.05, 0.1) is 15.6 Å². The second-order valence-electron chi connectivity index (χ2n) is 8.30. The molecule has 0 radical (unpaired) electrons. The summed E-state index contributed by atoms with van der Waals surface area (Å²) in [5, 5.41) is 9.95. The first-order chi connectivity index (χ1) is 14.0. The Labute approximate surface area is 179 Å². The standard InChI is InChI=1S/C22H23ClN4OS/c1-12-15(10-24)19-21(28-22(25-19)13-4-5-13)20(18(12)16-6-7-17(23)29-16)27-9-8-14(11-27)26(2)3/h6-7,13-14H,4-5,8-9,11H2,1-3H3/t14-/m0/s1. The number of nitrogens with zero attached hydrogens (tertiary/aromatic N) is 4. The number of hydrogen-bond donors (Lipinski definition) is 0. The molecule has 5 nitrogen and oxygen atoms in total. The number of hydrogen-bond acceptors (Lipinski definition) is 6. The highest BCUT2D eigenvalue weighted by atomic mass is 35.5. The topological polar surface area (TPSA) is 56.3 Å². The fourth-order valence-electron chi connectivity index (χ4n) is 4.32. The number of fused-ring (bicyclic) bond motifs is 1. The molecule has 1 aliphatic carbocycles. The van der Waals surface area contributed by atoms with Gasteiger partial charge in [0.2, 0.25) is 0 Å². The van der Waals surface area contributed by atoms with Gasteiger partial charge >= 0.3 is 0 Å². The molecule has 0 bridgehead atoms. The molecular weight excluding hydrogens is 404 g/mol. The molecule has 1 aliphatic heterocycles. The summed E-state index contributed by atoms with van der Waals surface area (Å²) in [5.74, 6) is 1.18. The first-order valence-corrected chi connectivity index (χ1v) is 11.2. The third kappa shape index (κ3) is 3.13. The van der Waals surface area contributed by atoms with Gasteiger partial charge in [0.25, 0.3) is 0 Å². The molecule has 0 amide bonds. The minimum atomic E-state index is 0.398. The van der Waals surface area contributed by atoms with Gasteiger partial charge < -0.3 is 14.2 Å². The fourth-order valence-corrected chi connectivity index (χ4v) is 5.47. The van der Waals surface area contributed by atoms with E-state index >= 15 is 0 Å². The van der Waals surface area contributed by atoms with Crippen LogP contribution in [0.2, 0.25) is 4.34 Å². The van der Waals surface area contributed by atoms with E-state index in [4.69, 9.17) is 21.0 Å².